The molecule has 0 saturated carbocycles. The Morgan fingerprint density at radius 2 is 1.29 bits per heavy atom. The van der Waals surface area contributed by atoms with Crippen LogP contribution in [0.15, 0.2) is 46.9 Å². The van der Waals surface area contributed by atoms with Crippen molar-refractivity contribution in [3.8, 4) is 23.0 Å². The summed E-state index contributed by atoms with van der Waals surface area (Å²) in [5.74, 6) is 2.22. The van der Waals surface area contributed by atoms with E-state index in [9.17, 15) is 0 Å². The zero-order chi connectivity index (χ0) is 24.9. The maximum absolute atomic E-state index is 6.01. The van der Waals surface area contributed by atoms with Gasteiger partial charge in [0.05, 0.1) is 26.4 Å². The third-order valence-corrected chi connectivity index (χ3v) is 5.72. The van der Waals surface area contributed by atoms with Crippen molar-refractivity contribution in [1.82, 2.24) is 14.8 Å². The van der Waals surface area contributed by atoms with Gasteiger partial charge in [-0.2, -0.15) is 0 Å². The molecule has 0 saturated heterocycles. The van der Waals surface area contributed by atoms with Crippen molar-refractivity contribution in [1.29, 1.82) is 0 Å². The lowest BCUT2D eigenvalue weighted by Gasteiger charge is -2.15. The van der Waals surface area contributed by atoms with E-state index in [1.165, 1.54) is 0 Å². The summed E-state index contributed by atoms with van der Waals surface area (Å²) >= 11 is 0. The Morgan fingerprint density at radius 1 is 0.714 bits per heavy atom. The average molecular weight is 486 g/mol. The highest BCUT2D eigenvalue weighted by Gasteiger charge is 2.10. The number of oxazole rings is 1. The fourth-order valence-electron chi connectivity index (χ4n) is 3.58. The van der Waals surface area contributed by atoms with Gasteiger partial charge in [-0.15, -0.1) is 0 Å². The van der Waals surface area contributed by atoms with Crippen molar-refractivity contribution in [2.75, 3.05) is 80.9 Å². The summed E-state index contributed by atoms with van der Waals surface area (Å²) in [5, 5.41) is 0. The summed E-state index contributed by atoms with van der Waals surface area (Å²) in [5.41, 5.74) is 2.44. The van der Waals surface area contributed by atoms with E-state index < -0.39 is 0 Å². The molecule has 3 rings (SSSR count). The summed E-state index contributed by atoms with van der Waals surface area (Å²) in [6.45, 7) is 6.59. The number of nitrogens with zero attached hydrogens (tertiary/aromatic N) is 3. The molecule has 0 unspecified atom stereocenters. The number of rotatable bonds is 17. The molecular weight excluding hydrogens is 446 g/mol. The first kappa shape index (κ1) is 26.9. The first-order valence-corrected chi connectivity index (χ1v) is 12.2. The summed E-state index contributed by atoms with van der Waals surface area (Å²) in [4.78, 5) is 9.10. The van der Waals surface area contributed by atoms with E-state index in [0.29, 0.717) is 24.7 Å². The number of methoxy groups -OCH3 is 2. The Kier molecular flexibility index (Phi) is 11.3. The zero-order valence-corrected chi connectivity index (χ0v) is 21.5. The van der Waals surface area contributed by atoms with Gasteiger partial charge >= 0.3 is 0 Å². The van der Waals surface area contributed by atoms with Crippen molar-refractivity contribution in [2.45, 2.75) is 12.8 Å². The number of benzene rings is 2. The number of aromatic nitrogens is 1. The van der Waals surface area contributed by atoms with Crippen LogP contribution in [0, 0.1) is 0 Å². The Hall–Kier alpha value is -2.65. The van der Waals surface area contributed by atoms with Crippen LogP contribution in [0.25, 0.3) is 22.6 Å². The van der Waals surface area contributed by atoms with Crippen molar-refractivity contribution < 1.29 is 23.4 Å². The van der Waals surface area contributed by atoms with E-state index in [1.54, 1.807) is 14.2 Å². The molecule has 0 aliphatic carbocycles. The van der Waals surface area contributed by atoms with E-state index in [-0.39, 0.29) is 0 Å². The van der Waals surface area contributed by atoms with Gasteiger partial charge in [0, 0.05) is 52.0 Å². The molecule has 3 aromatic rings. The molecule has 0 aliphatic rings. The first-order valence-electron chi connectivity index (χ1n) is 12.2. The maximum atomic E-state index is 6.01. The Morgan fingerprint density at radius 3 is 1.89 bits per heavy atom. The van der Waals surface area contributed by atoms with Crippen LogP contribution >= 0.6 is 0 Å². The molecule has 8 heteroatoms. The number of fused-ring (bicyclic) bond motifs is 1. The highest BCUT2D eigenvalue weighted by molar-refractivity contribution is 5.77. The van der Waals surface area contributed by atoms with E-state index in [2.05, 4.69) is 28.9 Å². The lowest BCUT2D eigenvalue weighted by atomic mass is 10.2. The second kappa shape index (κ2) is 14.7. The third kappa shape index (κ3) is 9.14. The third-order valence-electron chi connectivity index (χ3n) is 5.72. The molecule has 0 fully saturated rings. The van der Waals surface area contributed by atoms with Crippen LogP contribution in [0.4, 0.5) is 0 Å². The monoisotopic (exact) mass is 485 g/mol. The highest BCUT2D eigenvalue weighted by atomic mass is 16.5. The SMILES string of the molecule is COCCN(C)CCCOc1ccc(-c2nc3ccc(OCCCN(C)CCOC)cc3o2)cc1. The summed E-state index contributed by atoms with van der Waals surface area (Å²) in [7, 11) is 7.62. The van der Waals surface area contributed by atoms with Gasteiger partial charge < -0.3 is 33.2 Å². The average Bonchev–Trinajstić information content (AvgIpc) is 3.30. The van der Waals surface area contributed by atoms with Crippen molar-refractivity contribution in [3.63, 3.8) is 0 Å². The molecule has 2 aromatic carbocycles. The van der Waals surface area contributed by atoms with E-state index in [1.807, 2.05) is 42.5 Å². The van der Waals surface area contributed by atoms with Gasteiger partial charge in [0.15, 0.2) is 5.58 Å². The predicted octanol–water partition coefficient (Wildman–Crippen LogP) is 4.19. The van der Waals surface area contributed by atoms with Gasteiger partial charge in [0.1, 0.15) is 17.0 Å². The highest BCUT2D eigenvalue weighted by Crippen LogP contribution is 2.28. The minimum atomic E-state index is 0.586. The Balaban J connectivity index is 1.46. The molecule has 0 aliphatic heterocycles. The van der Waals surface area contributed by atoms with Crippen LogP contribution in [0.2, 0.25) is 0 Å². The number of likely N-dealkylation sites (N-methyl/N-ethyl adjacent to an activating group) is 2. The van der Waals surface area contributed by atoms with Gasteiger partial charge in [0.2, 0.25) is 5.89 Å². The first-order chi connectivity index (χ1) is 17.1. The maximum Gasteiger partial charge on any atom is 0.227 e. The number of ether oxygens (including phenoxy) is 4. The second-order valence-electron chi connectivity index (χ2n) is 8.67. The quantitative estimate of drug-likeness (QED) is 0.264. The molecule has 8 nitrogen and oxygen atoms in total. The largest absolute Gasteiger partial charge is 0.494 e. The van der Waals surface area contributed by atoms with Gasteiger partial charge in [-0.3, -0.25) is 0 Å². The molecule has 0 atom stereocenters. The van der Waals surface area contributed by atoms with Crippen molar-refractivity contribution in [3.05, 3.63) is 42.5 Å². The van der Waals surface area contributed by atoms with Crippen LogP contribution in [0.5, 0.6) is 11.5 Å². The molecule has 0 N–H and O–H groups in total. The van der Waals surface area contributed by atoms with E-state index in [0.717, 1.165) is 74.8 Å². The van der Waals surface area contributed by atoms with Gasteiger partial charge in [-0.1, -0.05) is 0 Å². The summed E-state index contributed by atoms with van der Waals surface area (Å²) < 4.78 is 28.0. The summed E-state index contributed by atoms with van der Waals surface area (Å²) in [6.07, 6.45) is 1.90. The zero-order valence-electron chi connectivity index (χ0n) is 21.5. The van der Waals surface area contributed by atoms with Gasteiger partial charge in [-0.25, -0.2) is 4.98 Å². The standard InChI is InChI=1S/C27H39N3O5/c1-29(15-19-31-3)13-5-17-33-23-9-7-22(8-10-23)27-28-25-12-11-24(21-26(25)35-27)34-18-6-14-30(2)16-20-32-4/h7-12,21H,5-6,13-20H2,1-4H3. The van der Waals surface area contributed by atoms with Crippen LogP contribution < -0.4 is 9.47 Å². The molecule has 35 heavy (non-hydrogen) atoms. The van der Waals surface area contributed by atoms with Crippen LogP contribution in [-0.4, -0.2) is 95.7 Å². The minimum Gasteiger partial charge on any atom is -0.494 e. The van der Waals surface area contributed by atoms with Crippen LogP contribution in [0.3, 0.4) is 0 Å². The molecular formula is C27H39N3O5. The molecule has 1 aromatic heterocycles. The fraction of sp³-hybridized carbons (Fsp3) is 0.519. The Labute approximate surface area is 208 Å². The molecule has 1 heterocycles. The number of hydrogen-bond donors (Lipinski definition) is 0. The Bertz CT molecular complexity index is 992. The summed E-state index contributed by atoms with van der Waals surface area (Å²) in [6, 6.07) is 13.6. The molecule has 0 radical (unpaired) electrons. The van der Waals surface area contributed by atoms with E-state index >= 15 is 0 Å². The van der Waals surface area contributed by atoms with Gasteiger partial charge in [0.25, 0.3) is 0 Å². The normalized spacial score (nSPS) is 11.6. The lowest BCUT2D eigenvalue weighted by Crippen LogP contribution is -2.25. The molecule has 0 bridgehead atoms. The van der Waals surface area contributed by atoms with Crippen LogP contribution in [-0.2, 0) is 9.47 Å². The second-order valence-corrected chi connectivity index (χ2v) is 8.67. The molecule has 192 valence electrons. The molecule has 0 amide bonds. The number of hydrogen-bond acceptors (Lipinski definition) is 8. The van der Waals surface area contributed by atoms with Crippen molar-refractivity contribution >= 4 is 11.1 Å². The minimum absolute atomic E-state index is 0.586. The van der Waals surface area contributed by atoms with Crippen LogP contribution in [0.1, 0.15) is 12.8 Å². The predicted molar refractivity (Wildman–Crippen MR) is 138 cm³/mol. The van der Waals surface area contributed by atoms with Gasteiger partial charge in [-0.05, 0) is 63.3 Å². The topological polar surface area (TPSA) is 69.4 Å². The fourth-order valence-corrected chi connectivity index (χ4v) is 3.58. The van der Waals surface area contributed by atoms with E-state index in [4.69, 9.17) is 23.4 Å². The smallest absolute Gasteiger partial charge is 0.227 e. The van der Waals surface area contributed by atoms with Crippen molar-refractivity contribution in [2.24, 2.45) is 0 Å². The lowest BCUT2D eigenvalue weighted by molar-refractivity contribution is 0.157. The molecule has 0 spiro atoms.